The number of allylic oxidation sites excluding steroid dienone is 1. The Hall–Kier alpha value is -1.45. The minimum Gasteiger partial charge on any atom is -0.356 e. The highest BCUT2D eigenvalue weighted by molar-refractivity contribution is 6.04. The van der Waals surface area contributed by atoms with Crippen LogP contribution in [0.4, 0.5) is 0 Å². The minimum atomic E-state index is -0.0350. The lowest BCUT2D eigenvalue weighted by molar-refractivity contribution is -0.207. The molecular formula is C24H31NO2. The number of ether oxygens (including phenoxy) is 1. The van der Waals surface area contributed by atoms with Gasteiger partial charge in [-0.15, -0.1) is 0 Å². The highest BCUT2D eigenvalue weighted by Crippen LogP contribution is 2.55. The number of fused-ring (bicyclic) bond motifs is 4. The van der Waals surface area contributed by atoms with Crippen LogP contribution in [0.2, 0.25) is 0 Å². The van der Waals surface area contributed by atoms with Crippen LogP contribution in [0.15, 0.2) is 41.5 Å². The summed E-state index contributed by atoms with van der Waals surface area (Å²) in [5.74, 6) is 1.87. The molecule has 2 aliphatic heterocycles. The van der Waals surface area contributed by atoms with Gasteiger partial charge in [-0.25, -0.2) is 0 Å². The molecule has 6 atom stereocenters. The molecule has 1 saturated carbocycles. The number of nitrogens with zero attached hydrogens (tertiary/aromatic N) is 1. The van der Waals surface area contributed by atoms with Crippen LogP contribution in [0.5, 0.6) is 0 Å². The predicted molar refractivity (Wildman–Crippen MR) is 106 cm³/mol. The maximum Gasteiger partial charge on any atom is 0.166 e. The van der Waals surface area contributed by atoms with Crippen molar-refractivity contribution in [3.05, 3.63) is 47.0 Å². The van der Waals surface area contributed by atoms with Crippen molar-refractivity contribution in [3.63, 3.8) is 0 Å². The fourth-order valence-corrected chi connectivity index (χ4v) is 6.46. The summed E-state index contributed by atoms with van der Waals surface area (Å²) in [6.07, 6.45) is 4.05. The smallest absolute Gasteiger partial charge is 0.166 e. The first-order valence-corrected chi connectivity index (χ1v) is 10.6. The predicted octanol–water partition coefficient (Wildman–Crippen LogP) is 4.54. The van der Waals surface area contributed by atoms with Gasteiger partial charge in [0.15, 0.2) is 5.78 Å². The molecule has 0 bridgehead atoms. The van der Waals surface area contributed by atoms with Gasteiger partial charge in [0.25, 0.3) is 0 Å². The van der Waals surface area contributed by atoms with Gasteiger partial charge in [-0.1, -0.05) is 43.7 Å². The van der Waals surface area contributed by atoms with Crippen LogP contribution in [0.25, 0.3) is 0 Å². The van der Waals surface area contributed by atoms with Crippen molar-refractivity contribution < 1.29 is 9.53 Å². The van der Waals surface area contributed by atoms with Gasteiger partial charge in [0.2, 0.25) is 0 Å². The maximum absolute atomic E-state index is 13.2. The van der Waals surface area contributed by atoms with Gasteiger partial charge in [-0.05, 0) is 56.2 Å². The fourth-order valence-electron chi connectivity index (χ4n) is 6.46. The molecule has 2 aliphatic carbocycles. The van der Waals surface area contributed by atoms with E-state index in [4.69, 9.17) is 4.74 Å². The summed E-state index contributed by atoms with van der Waals surface area (Å²) in [7, 11) is 0. The standard InChI is InChI=1S/C24H31NO2/c1-14-10-11-18-19(12-14)27-23-20-15(2)22(26)21(16-8-6-5-7-9-16)17(20)13-25(23)24(18,3)4/h5-9,14,17-19,21,23H,10-13H2,1-4H3/t14-,17+,18-,19-,21-,23+/m1/s1. The Morgan fingerprint density at radius 3 is 2.63 bits per heavy atom. The number of hydrogen-bond acceptors (Lipinski definition) is 3. The molecule has 144 valence electrons. The second kappa shape index (κ2) is 6.02. The van der Waals surface area contributed by atoms with E-state index < -0.39 is 0 Å². The van der Waals surface area contributed by atoms with Crippen LogP contribution in [-0.2, 0) is 9.53 Å². The SMILES string of the molecule is CC1=C2[C@H](CN3[C@H]2O[C@@H]2C[C@H](C)CC[C@H]2C3(C)C)[C@@H](c2ccccc2)C1=O. The topological polar surface area (TPSA) is 29.5 Å². The Kier molecular flexibility index (Phi) is 3.93. The average Bonchev–Trinajstić information content (AvgIpc) is 3.12. The first-order valence-electron chi connectivity index (χ1n) is 10.6. The third-order valence-corrected chi connectivity index (χ3v) is 7.99. The Balaban J connectivity index is 1.54. The van der Waals surface area contributed by atoms with E-state index in [0.29, 0.717) is 17.8 Å². The van der Waals surface area contributed by atoms with E-state index in [1.807, 2.05) is 13.0 Å². The third-order valence-electron chi connectivity index (χ3n) is 7.99. The second-order valence-electron chi connectivity index (χ2n) is 9.80. The number of rotatable bonds is 1. The van der Waals surface area contributed by atoms with E-state index in [0.717, 1.165) is 30.0 Å². The zero-order valence-electron chi connectivity index (χ0n) is 16.9. The molecule has 0 unspecified atom stereocenters. The molecule has 0 spiro atoms. The summed E-state index contributed by atoms with van der Waals surface area (Å²) >= 11 is 0. The molecule has 27 heavy (non-hydrogen) atoms. The summed E-state index contributed by atoms with van der Waals surface area (Å²) < 4.78 is 6.75. The number of Topliss-reactive ketones (excluding diaryl/α,β-unsaturated/α-hetero) is 1. The lowest BCUT2D eigenvalue weighted by Crippen LogP contribution is -2.63. The van der Waals surface area contributed by atoms with E-state index in [1.54, 1.807) is 0 Å². The van der Waals surface area contributed by atoms with Gasteiger partial charge in [-0.2, -0.15) is 0 Å². The lowest BCUT2D eigenvalue weighted by atomic mass is 9.70. The minimum absolute atomic E-state index is 0.00536. The van der Waals surface area contributed by atoms with Crippen molar-refractivity contribution in [3.8, 4) is 0 Å². The molecule has 0 amide bonds. The van der Waals surface area contributed by atoms with E-state index in [-0.39, 0.29) is 23.6 Å². The van der Waals surface area contributed by atoms with Crippen molar-refractivity contribution >= 4 is 5.78 Å². The zero-order valence-corrected chi connectivity index (χ0v) is 16.9. The molecule has 3 heteroatoms. The molecule has 0 aromatic heterocycles. The van der Waals surface area contributed by atoms with Crippen LogP contribution < -0.4 is 0 Å². The maximum atomic E-state index is 13.2. The first kappa shape index (κ1) is 17.6. The summed E-state index contributed by atoms with van der Waals surface area (Å²) in [5.41, 5.74) is 3.51. The molecular weight excluding hydrogens is 334 g/mol. The Bertz CT molecular complexity index is 796. The normalized spacial score (nSPS) is 40.7. The molecule has 0 radical (unpaired) electrons. The summed E-state index contributed by atoms with van der Waals surface area (Å²) in [4.78, 5) is 15.7. The molecule has 0 N–H and O–H groups in total. The van der Waals surface area contributed by atoms with Gasteiger partial charge >= 0.3 is 0 Å². The summed E-state index contributed by atoms with van der Waals surface area (Å²) in [6, 6.07) is 10.4. The Labute approximate surface area is 162 Å². The number of hydrogen-bond donors (Lipinski definition) is 0. The van der Waals surface area contributed by atoms with E-state index in [1.165, 1.54) is 18.4 Å². The second-order valence-corrected chi connectivity index (χ2v) is 9.80. The molecule has 4 aliphatic rings. The van der Waals surface area contributed by atoms with Gasteiger partial charge in [0.1, 0.15) is 6.23 Å². The molecule has 1 aromatic carbocycles. The molecule has 2 saturated heterocycles. The monoisotopic (exact) mass is 365 g/mol. The molecule has 1 aromatic rings. The van der Waals surface area contributed by atoms with Crippen LogP contribution >= 0.6 is 0 Å². The third kappa shape index (κ3) is 2.44. The van der Waals surface area contributed by atoms with Gasteiger partial charge in [-0.3, -0.25) is 9.69 Å². The Morgan fingerprint density at radius 1 is 1.15 bits per heavy atom. The first-order chi connectivity index (χ1) is 12.9. The summed E-state index contributed by atoms with van der Waals surface area (Å²) in [6.45, 7) is 10.1. The number of ketones is 1. The number of carbonyl (C=O) groups is 1. The van der Waals surface area contributed by atoms with E-state index in [2.05, 4.69) is 49.9 Å². The number of benzene rings is 1. The van der Waals surface area contributed by atoms with Gasteiger partial charge in [0.05, 0.1) is 12.0 Å². The Morgan fingerprint density at radius 2 is 1.89 bits per heavy atom. The largest absolute Gasteiger partial charge is 0.356 e. The molecule has 3 nitrogen and oxygen atoms in total. The van der Waals surface area contributed by atoms with Crippen LogP contribution in [-0.4, -0.2) is 35.1 Å². The number of carbonyl (C=O) groups excluding carboxylic acids is 1. The quantitative estimate of drug-likeness (QED) is 0.732. The van der Waals surface area contributed by atoms with Gasteiger partial charge in [0, 0.05) is 23.9 Å². The summed E-state index contributed by atoms with van der Waals surface area (Å²) in [5, 5.41) is 0. The molecule has 2 heterocycles. The van der Waals surface area contributed by atoms with E-state index in [9.17, 15) is 4.79 Å². The van der Waals surface area contributed by atoms with Gasteiger partial charge < -0.3 is 4.74 Å². The van der Waals surface area contributed by atoms with Crippen molar-refractivity contribution in [2.75, 3.05) is 6.54 Å². The van der Waals surface area contributed by atoms with Crippen LogP contribution in [0.3, 0.4) is 0 Å². The van der Waals surface area contributed by atoms with Crippen molar-refractivity contribution in [2.45, 2.75) is 70.7 Å². The van der Waals surface area contributed by atoms with Crippen molar-refractivity contribution in [1.29, 1.82) is 0 Å². The van der Waals surface area contributed by atoms with E-state index >= 15 is 0 Å². The molecule has 3 fully saturated rings. The fraction of sp³-hybridized carbons (Fsp3) is 0.625. The van der Waals surface area contributed by atoms with Crippen molar-refractivity contribution in [2.24, 2.45) is 17.8 Å². The molecule has 5 rings (SSSR count). The van der Waals surface area contributed by atoms with Crippen LogP contribution in [0.1, 0.15) is 58.4 Å². The van der Waals surface area contributed by atoms with Crippen molar-refractivity contribution in [1.82, 2.24) is 4.90 Å². The highest BCUT2D eigenvalue weighted by Gasteiger charge is 2.59. The average molecular weight is 366 g/mol. The highest BCUT2D eigenvalue weighted by atomic mass is 16.5. The lowest BCUT2D eigenvalue weighted by Gasteiger charge is -2.55. The van der Waals surface area contributed by atoms with Crippen LogP contribution in [0, 0.1) is 17.8 Å². The zero-order chi connectivity index (χ0) is 18.9.